The van der Waals surface area contributed by atoms with Gasteiger partial charge in [0.25, 0.3) is 17.7 Å². The first-order chi connectivity index (χ1) is 19.3. The number of fused-ring (bicyclic) bond motifs is 1. The Morgan fingerprint density at radius 1 is 1.12 bits per heavy atom. The third-order valence-corrected chi connectivity index (χ3v) is 7.13. The van der Waals surface area contributed by atoms with Crippen LogP contribution in [0, 0.1) is 11.7 Å². The molecule has 2 heterocycles. The van der Waals surface area contributed by atoms with Gasteiger partial charge in [0.2, 0.25) is 5.91 Å². The maximum absolute atomic E-state index is 14.5. The fourth-order valence-corrected chi connectivity index (χ4v) is 4.58. The summed E-state index contributed by atoms with van der Waals surface area (Å²) in [6.07, 6.45) is 0.0264. The Morgan fingerprint density at radius 3 is 2.46 bits per heavy atom. The fraction of sp³-hybridized carbons (Fsp3) is 0.393. The van der Waals surface area contributed by atoms with Gasteiger partial charge in [0.1, 0.15) is 17.9 Å². The van der Waals surface area contributed by atoms with Gasteiger partial charge in [-0.25, -0.2) is 9.29 Å². The molecule has 2 aromatic rings. The maximum atomic E-state index is 14.5. The van der Waals surface area contributed by atoms with Crippen molar-refractivity contribution in [2.24, 2.45) is 11.7 Å². The summed E-state index contributed by atoms with van der Waals surface area (Å²) in [4.78, 5) is 65.1. The van der Waals surface area contributed by atoms with Crippen LogP contribution in [0.3, 0.4) is 0 Å². The molecule has 4 amide bonds. The molecular formula is C28H29F3N4O6. The van der Waals surface area contributed by atoms with E-state index in [2.05, 4.69) is 5.32 Å². The van der Waals surface area contributed by atoms with E-state index in [9.17, 15) is 37.1 Å². The van der Waals surface area contributed by atoms with Crippen LogP contribution in [-0.4, -0.2) is 58.2 Å². The lowest BCUT2D eigenvalue weighted by Gasteiger charge is -2.35. The first-order valence-electron chi connectivity index (χ1n) is 12.9. The Balaban J connectivity index is 1.40. The van der Waals surface area contributed by atoms with Crippen molar-refractivity contribution in [3.8, 4) is 0 Å². The molecule has 3 N–H and O–H groups in total. The minimum absolute atomic E-state index is 0.0120. The summed E-state index contributed by atoms with van der Waals surface area (Å²) in [5, 5.41) is 2.16. The van der Waals surface area contributed by atoms with Crippen molar-refractivity contribution in [2.75, 3.05) is 6.73 Å². The number of hydrogen-bond donors (Lipinski definition) is 2. The Hall–Kier alpha value is -4.26. The minimum Gasteiger partial charge on any atom is -0.443 e. The summed E-state index contributed by atoms with van der Waals surface area (Å²) < 4.78 is 47.2. The van der Waals surface area contributed by atoms with Crippen LogP contribution in [-0.2, 0) is 42.9 Å². The fourth-order valence-electron chi connectivity index (χ4n) is 4.58. The van der Waals surface area contributed by atoms with E-state index in [1.807, 2.05) is 0 Å². The number of nitrogens with one attached hydrogen (secondary N) is 1. The Labute approximate surface area is 233 Å². The summed E-state index contributed by atoms with van der Waals surface area (Å²) in [5.74, 6) is -8.84. The highest BCUT2D eigenvalue weighted by atomic mass is 19.3. The molecule has 13 heteroatoms. The molecule has 0 radical (unpaired) electrons. The third kappa shape index (κ3) is 6.09. The number of ether oxygens (including phenoxy) is 1. The van der Waals surface area contributed by atoms with Crippen molar-refractivity contribution in [3.63, 3.8) is 0 Å². The second-order valence-corrected chi connectivity index (χ2v) is 10.3. The number of carbonyl (C=O) groups excluding carboxylic acids is 5. The molecule has 10 nitrogen and oxygen atoms in total. The number of piperidine rings is 1. The van der Waals surface area contributed by atoms with Crippen LogP contribution in [0.25, 0.3) is 0 Å². The average molecular weight is 575 g/mol. The van der Waals surface area contributed by atoms with Crippen molar-refractivity contribution in [1.29, 1.82) is 0 Å². The molecule has 2 aliphatic rings. The van der Waals surface area contributed by atoms with Crippen molar-refractivity contribution >= 4 is 29.6 Å². The van der Waals surface area contributed by atoms with E-state index >= 15 is 0 Å². The minimum atomic E-state index is -3.89. The normalized spacial score (nSPS) is 18.0. The SMILES string of the molecule is CC(C)[C@H](N)C(=O)OCN1C(=O)CCC(N2Cc3cc(CNC(=O)C(F)(F)c4ccc(F)cc4)ccc3C2=O)C1=O. The Bertz CT molecular complexity index is 1380. The number of rotatable bonds is 9. The molecular weight excluding hydrogens is 545 g/mol. The van der Waals surface area contributed by atoms with Crippen LogP contribution in [0.5, 0.6) is 0 Å². The molecule has 1 unspecified atom stereocenters. The van der Waals surface area contributed by atoms with E-state index in [4.69, 9.17) is 10.5 Å². The van der Waals surface area contributed by atoms with Crippen molar-refractivity contribution < 1.29 is 41.9 Å². The number of likely N-dealkylation sites (tertiary alicyclic amines) is 1. The molecule has 2 aliphatic heterocycles. The summed E-state index contributed by atoms with van der Waals surface area (Å²) in [6, 6.07) is 5.95. The molecule has 0 bridgehead atoms. The highest BCUT2D eigenvalue weighted by molar-refractivity contribution is 6.05. The summed E-state index contributed by atoms with van der Waals surface area (Å²) in [6.45, 7) is 2.56. The standard InChI is InChI=1S/C28H29F3N4O6/c1-15(2)23(32)26(39)41-14-35-22(36)10-9-21(25(35)38)34-13-17-11-16(3-8-20(17)24(34)37)12-33-27(40)28(30,31)18-4-6-19(29)7-5-18/h3-8,11,15,21,23H,9-10,12-14,32H2,1-2H3,(H,33,40)/t21?,23-/m0/s1. The third-order valence-electron chi connectivity index (χ3n) is 7.13. The van der Waals surface area contributed by atoms with Crippen LogP contribution >= 0.6 is 0 Å². The molecule has 0 aromatic heterocycles. The number of nitrogens with zero attached hydrogens (tertiary/aromatic N) is 2. The lowest BCUT2D eigenvalue weighted by atomic mass is 10.0. The highest BCUT2D eigenvalue weighted by Gasteiger charge is 2.44. The number of hydrogen-bond acceptors (Lipinski definition) is 7. The lowest BCUT2D eigenvalue weighted by Crippen LogP contribution is -2.55. The molecule has 1 fully saturated rings. The van der Waals surface area contributed by atoms with Crippen LogP contribution in [0.1, 0.15) is 53.7 Å². The second kappa shape index (κ2) is 11.7. The van der Waals surface area contributed by atoms with Gasteiger partial charge in [-0.3, -0.25) is 24.0 Å². The van der Waals surface area contributed by atoms with Gasteiger partial charge in [-0.1, -0.05) is 26.0 Å². The van der Waals surface area contributed by atoms with Crippen LogP contribution in [0.4, 0.5) is 13.2 Å². The molecule has 218 valence electrons. The first-order valence-corrected chi connectivity index (χ1v) is 12.9. The van der Waals surface area contributed by atoms with E-state index in [1.165, 1.54) is 17.0 Å². The topological polar surface area (TPSA) is 139 Å². The van der Waals surface area contributed by atoms with Crippen LogP contribution < -0.4 is 11.1 Å². The summed E-state index contributed by atoms with van der Waals surface area (Å²) in [5.41, 5.74) is 6.33. The monoisotopic (exact) mass is 574 g/mol. The van der Waals surface area contributed by atoms with E-state index in [0.717, 1.165) is 29.2 Å². The molecule has 4 rings (SSSR count). The zero-order valence-corrected chi connectivity index (χ0v) is 22.4. The number of imide groups is 1. The average Bonchev–Trinajstić information content (AvgIpc) is 3.26. The van der Waals surface area contributed by atoms with Crippen molar-refractivity contribution in [3.05, 3.63) is 70.5 Å². The number of carbonyl (C=O) groups is 5. The Morgan fingerprint density at radius 2 is 1.80 bits per heavy atom. The molecule has 0 saturated carbocycles. The molecule has 2 atom stereocenters. The molecule has 0 aliphatic carbocycles. The van der Waals surface area contributed by atoms with Gasteiger partial charge in [-0.15, -0.1) is 0 Å². The smallest absolute Gasteiger partial charge is 0.349 e. The lowest BCUT2D eigenvalue weighted by molar-refractivity contribution is -0.165. The highest BCUT2D eigenvalue weighted by Crippen LogP contribution is 2.31. The van der Waals surface area contributed by atoms with E-state index < -0.39 is 65.7 Å². The summed E-state index contributed by atoms with van der Waals surface area (Å²) in [7, 11) is 0. The van der Waals surface area contributed by atoms with Gasteiger partial charge >= 0.3 is 11.9 Å². The number of alkyl halides is 2. The van der Waals surface area contributed by atoms with Gasteiger partial charge in [0.15, 0.2) is 6.73 Å². The van der Waals surface area contributed by atoms with Gasteiger partial charge in [-0.2, -0.15) is 8.78 Å². The van der Waals surface area contributed by atoms with Gasteiger partial charge in [-0.05, 0) is 53.8 Å². The zero-order valence-electron chi connectivity index (χ0n) is 22.4. The maximum Gasteiger partial charge on any atom is 0.349 e. The van der Waals surface area contributed by atoms with E-state index in [1.54, 1.807) is 19.9 Å². The molecule has 41 heavy (non-hydrogen) atoms. The number of amides is 4. The van der Waals surface area contributed by atoms with E-state index in [-0.39, 0.29) is 31.8 Å². The van der Waals surface area contributed by atoms with Crippen LogP contribution in [0.2, 0.25) is 0 Å². The predicted molar refractivity (Wildman–Crippen MR) is 137 cm³/mol. The molecule has 1 saturated heterocycles. The van der Waals surface area contributed by atoms with Crippen molar-refractivity contribution in [1.82, 2.24) is 15.1 Å². The largest absolute Gasteiger partial charge is 0.443 e. The zero-order chi connectivity index (χ0) is 30.1. The van der Waals surface area contributed by atoms with Gasteiger partial charge in [0.05, 0.1) is 0 Å². The quantitative estimate of drug-likeness (QED) is 0.346. The van der Waals surface area contributed by atoms with Gasteiger partial charge < -0.3 is 20.7 Å². The van der Waals surface area contributed by atoms with E-state index in [0.29, 0.717) is 16.7 Å². The first kappa shape index (κ1) is 29.7. The second-order valence-electron chi connectivity index (χ2n) is 10.3. The molecule has 2 aromatic carbocycles. The van der Waals surface area contributed by atoms with Crippen molar-refractivity contribution in [2.45, 2.75) is 57.8 Å². The molecule has 0 spiro atoms. The Kier molecular flexibility index (Phi) is 8.47. The number of benzene rings is 2. The van der Waals surface area contributed by atoms with Crippen LogP contribution in [0.15, 0.2) is 42.5 Å². The number of nitrogens with two attached hydrogens (primary N) is 1. The predicted octanol–water partition coefficient (Wildman–Crippen LogP) is 2.19. The summed E-state index contributed by atoms with van der Waals surface area (Å²) >= 11 is 0. The number of halogens is 3. The van der Waals surface area contributed by atoms with Gasteiger partial charge in [0, 0.05) is 30.6 Å². The number of esters is 1.